The van der Waals surface area contributed by atoms with Gasteiger partial charge < -0.3 is 10.2 Å². The molecule has 3 heterocycles. The Balaban J connectivity index is 1.51. The van der Waals surface area contributed by atoms with Gasteiger partial charge in [0, 0.05) is 15.7 Å². The fourth-order valence-corrected chi connectivity index (χ4v) is 5.66. The van der Waals surface area contributed by atoms with Gasteiger partial charge in [0.25, 0.3) is 0 Å². The molecule has 0 amide bonds. The van der Waals surface area contributed by atoms with Crippen LogP contribution in [0.15, 0.2) is 118 Å². The van der Waals surface area contributed by atoms with Crippen molar-refractivity contribution >= 4 is 50.5 Å². The number of hydrogen-bond acceptors (Lipinski definition) is 5. The molecule has 7 rings (SSSR count). The van der Waals surface area contributed by atoms with E-state index in [0.29, 0.717) is 17.4 Å². The van der Waals surface area contributed by atoms with Gasteiger partial charge in [-0.05, 0) is 67.1 Å². The molecule has 1 aromatic heterocycles. The summed E-state index contributed by atoms with van der Waals surface area (Å²) in [6, 6.07) is 32.4. The minimum Gasteiger partial charge on any atom is -0.337 e. The van der Waals surface area contributed by atoms with Crippen molar-refractivity contribution in [1.82, 2.24) is 9.78 Å². The maximum atomic E-state index is 14.1. The van der Waals surface area contributed by atoms with Gasteiger partial charge >= 0.3 is 0 Å². The fourth-order valence-electron chi connectivity index (χ4n) is 5.24. The second-order valence-electron chi connectivity index (χ2n) is 9.42. The summed E-state index contributed by atoms with van der Waals surface area (Å²) in [5.41, 5.74) is 6.23. The lowest BCUT2D eigenvalue weighted by Gasteiger charge is -2.40. The smallest absolute Gasteiger partial charge is 0.179 e. The summed E-state index contributed by atoms with van der Waals surface area (Å²) in [4.78, 5) is 12.4. The Morgan fingerprint density at radius 3 is 2.46 bits per heavy atom. The molecule has 0 saturated heterocycles. The van der Waals surface area contributed by atoms with Gasteiger partial charge in [0.05, 0.1) is 28.8 Å². The molecule has 6 nitrogen and oxygen atoms in total. The average Bonchev–Trinajstić information content (AvgIpc) is 3.28. The largest absolute Gasteiger partial charge is 0.337 e. The number of amidine groups is 2. The van der Waals surface area contributed by atoms with Crippen LogP contribution in [-0.2, 0) is 0 Å². The number of hydrogen-bond donors (Lipinski definition) is 1. The highest BCUT2D eigenvalue weighted by Gasteiger charge is 2.41. The average molecular weight is 577 g/mol. The number of nitrogens with one attached hydrogen (secondary N) is 1. The number of para-hydroxylation sites is 3. The lowest BCUT2D eigenvalue weighted by molar-refractivity contribution is 0.628. The minimum absolute atomic E-state index is 0.233. The second-order valence-corrected chi connectivity index (χ2v) is 10.3. The van der Waals surface area contributed by atoms with Crippen LogP contribution >= 0.6 is 15.9 Å². The van der Waals surface area contributed by atoms with Crippen molar-refractivity contribution in [2.45, 2.75) is 13.0 Å². The van der Waals surface area contributed by atoms with Crippen LogP contribution in [0.2, 0.25) is 0 Å². The standard InChI is InChI=1S/C31H22BrFN6/c1-19-27-28(20-9-7-10-21(32)17-20)38-26-16-6-5-15-25(26)35-29(34-23-12-8-11-22(33)18-23)31(38)36-30(27)39(37-19)24-13-3-2-4-14-24/h2-18,28H,1H3,(H,34,35)/t28-/m0/s1. The Morgan fingerprint density at radius 2 is 1.64 bits per heavy atom. The lowest BCUT2D eigenvalue weighted by atomic mass is 9.93. The van der Waals surface area contributed by atoms with Crippen LogP contribution < -0.4 is 10.2 Å². The van der Waals surface area contributed by atoms with Crippen LogP contribution in [0, 0.1) is 12.7 Å². The van der Waals surface area contributed by atoms with E-state index in [1.165, 1.54) is 12.1 Å². The first-order chi connectivity index (χ1) is 19.1. The monoisotopic (exact) mass is 576 g/mol. The first-order valence-corrected chi connectivity index (χ1v) is 13.3. The summed E-state index contributed by atoms with van der Waals surface area (Å²) in [5.74, 6) is 1.57. The summed E-state index contributed by atoms with van der Waals surface area (Å²) >= 11 is 3.67. The fraction of sp³-hybridized carbons (Fsp3) is 0.0645. The summed E-state index contributed by atoms with van der Waals surface area (Å²) < 4.78 is 17.0. The number of aryl methyl sites for hydroxylation is 1. The highest BCUT2D eigenvalue weighted by Crippen LogP contribution is 2.48. The number of fused-ring (bicyclic) bond motifs is 4. The summed E-state index contributed by atoms with van der Waals surface area (Å²) in [5, 5.41) is 8.30. The van der Waals surface area contributed by atoms with Crippen LogP contribution in [0.3, 0.4) is 0 Å². The van der Waals surface area contributed by atoms with Crippen LogP contribution in [-0.4, -0.2) is 21.5 Å². The molecule has 190 valence electrons. The van der Waals surface area contributed by atoms with Crippen LogP contribution in [0.25, 0.3) is 5.69 Å². The maximum absolute atomic E-state index is 14.1. The van der Waals surface area contributed by atoms with E-state index in [-0.39, 0.29) is 11.9 Å². The van der Waals surface area contributed by atoms with Crippen LogP contribution in [0.5, 0.6) is 0 Å². The van der Waals surface area contributed by atoms with Gasteiger partial charge in [-0.3, -0.25) is 0 Å². The highest BCUT2D eigenvalue weighted by atomic mass is 79.9. The maximum Gasteiger partial charge on any atom is 0.179 e. The van der Waals surface area contributed by atoms with Crippen molar-refractivity contribution in [3.8, 4) is 5.69 Å². The summed E-state index contributed by atoms with van der Waals surface area (Å²) in [7, 11) is 0. The first kappa shape index (κ1) is 23.5. The van der Waals surface area contributed by atoms with E-state index in [1.54, 1.807) is 6.07 Å². The van der Waals surface area contributed by atoms with Crippen LogP contribution in [0.1, 0.15) is 22.9 Å². The zero-order valence-corrected chi connectivity index (χ0v) is 22.5. The lowest BCUT2D eigenvalue weighted by Crippen LogP contribution is -2.46. The van der Waals surface area contributed by atoms with Crippen LogP contribution in [0.4, 0.5) is 27.3 Å². The molecular weight excluding hydrogens is 555 g/mol. The molecule has 4 aromatic carbocycles. The molecule has 1 atom stereocenters. The Hall–Kier alpha value is -4.56. The van der Waals surface area contributed by atoms with Gasteiger partial charge in [0.1, 0.15) is 5.82 Å². The number of aliphatic imine (C=N–C) groups is 2. The van der Waals surface area contributed by atoms with E-state index >= 15 is 0 Å². The van der Waals surface area contributed by atoms with E-state index in [0.717, 1.165) is 44.2 Å². The number of benzene rings is 4. The molecule has 0 saturated carbocycles. The molecule has 39 heavy (non-hydrogen) atoms. The third kappa shape index (κ3) is 4.04. The van der Waals surface area contributed by atoms with Gasteiger partial charge in [-0.15, -0.1) is 0 Å². The van der Waals surface area contributed by atoms with Gasteiger partial charge in [-0.1, -0.05) is 64.5 Å². The van der Waals surface area contributed by atoms with Gasteiger partial charge in [-0.25, -0.2) is 19.1 Å². The highest BCUT2D eigenvalue weighted by molar-refractivity contribution is 9.10. The molecule has 0 bridgehead atoms. The molecule has 2 aliphatic heterocycles. The zero-order chi connectivity index (χ0) is 26.5. The molecule has 0 fully saturated rings. The number of aromatic nitrogens is 2. The number of nitrogens with zero attached hydrogens (tertiary/aromatic N) is 5. The second kappa shape index (κ2) is 9.32. The number of rotatable bonds is 3. The van der Waals surface area contributed by atoms with Crippen molar-refractivity contribution in [1.29, 1.82) is 0 Å². The number of halogens is 2. The summed E-state index contributed by atoms with van der Waals surface area (Å²) in [6.07, 6.45) is 0. The van der Waals surface area contributed by atoms with Crippen molar-refractivity contribution in [2.75, 3.05) is 10.2 Å². The molecule has 0 spiro atoms. The number of anilines is 2. The minimum atomic E-state index is -0.327. The van der Waals surface area contributed by atoms with E-state index in [2.05, 4.69) is 44.3 Å². The zero-order valence-electron chi connectivity index (χ0n) is 20.9. The first-order valence-electron chi connectivity index (χ1n) is 12.6. The SMILES string of the molecule is Cc1nn(-c2ccccc2)c2c1[C@H](c1cccc(Br)c1)N1C(=N2)C(Nc2cccc(F)c2)=Nc2ccccc21. The Morgan fingerprint density at radius 1 is 0.846 bits per heavy atom. The Kier molecular flexibility index (Phi) is 5.63. The predicted molar refractivity (Wildman–Crippen MR) is 157 cm³/mol. The molecule has 0 radical (unpaired) electrons. The molecule has 8 heteroatoms. The third-order valence-corrected chi connectivity index (χ3v) is 7.38. The van der Waals surface area contributed by atoms with Crippen molar-refractivity contribution < 1.29 is 4.39 Å². The molecular formula is C31H22BrFN6. The van der Waals surface area contributed by atoms with E-state index < -0.39 is 0 Å². The van der Waals surface area contributed by atoms with E-state index in [9.17, 15) is 4.39 Å². The van der Waals surface area contributed by atoms with Gasteiger partial charge in [0.15, 0.2) is 17.5 Å². The molecule has 0 unspecified atom stereocenters. The molecule has 2 aliphatic rings. The normalized spacial score (nSPS) is 15.6. The predicted octanol–water partition coefficient (Wildman–Crippen LogP) is 7.88. The van der Waals surface area contributed by atoms with Crippen molar-refractivity contribution in [3.63, 3.8) is 0 Å². The van der Waals surface area contributed by atoms with Gasteiger partial charge in [-0.2, -0.15) is 5.10 Å². The third-order valence-electron chi connectivity index (χ3n) is 6.89. The molecule has 0 aliphatic carbocycles. The van der Waals surface area contributed by atoms with E-state index in [1.807, 2.05) is 78.3 Å². The quantitative estimate of drug-likeness (QED) is 0.237. The van der Waals surface area contributed by atoms with Crippen molar-refractivity contribution in [2.24, 2.45) is 9.98 Å². The summed E-state index contributed by atoms with van der Waals surface area (Å²) in [6.45, 7) is 2.03. The van der Waals surface area contributed by atoms with Gasteiger partial charge in [0.2, 0.25) is 0 Å². The topological polar surface area (TPSA) is 57.8 Å². The Labute approximate surface area is 233 Å². The molecule has 1 N–H and O–H groups in total. The Bertz CT molecular complexity index is 1790. The van der Waals surface area contributed by atoms with Crippen molar-refractivity contribution in [3.05, 3.63) is 130 Å². The molecule has 5 aromatic rings. The van der Waals surface area contributed by atoms with E-state index in [4.69, 9.17) is 15.1 Å².